The molecule has 0 radical (unpaired) electrons. The third-order valence-corrected chi connectivity index (χ3v) is 7.03. The van der Waals surface area contributed by atoms with E-state index in [0.717, 1.165) is 33.4 Å². The molecule has 0 heterocycles. The van der Waals surface area contributed by atoms with Crippen LogP contribution in [0.4, 0.5) is 0 Å². The normalized spacial score (nSPS) is 12.3. The highest BCUT2D eigenvalue weighted by Gasteiger charge is 2.33. The molecule has 0 aromatic heterocycles. The van der Waals surface area contributed by atoms with Gasteiger partial charge in [0.15, 0.2) is 28.8 Å². The minimum atomic E-state index is -0.547. The van der Waals surface area contributed by atoms with Gasteiger partial charge in [-0.05, 0) is 74.2 Å². The second-order valence-electron chi connectivity index (χ2n) is 9.78. The molecule has 208 valence electrons. The van der Waals surface area contributed by atoms with Crippen molar-refractivity contribution in [2.45, 2.75) is 39.5 Å². The first kappa shape index (κ1) is 28.8. The van der Waals surface area contributed by atoms with Crippen LogP contribution in [0.25, 0.3) is 0 Å². The maximum absolute atomic E-state index is 14.9. The average molecular weight is 539 g/mol. The molecular formula is C35H38O5. The van der Waals surface area contributed by atoms with Gasteiger partial charge < -0.3 is 18.9 Å². The lowest BCUT2D eigenvalue weighted by Gasteiger charge is -2.26. The first-order valence-electron chi connectivity index (χ1n) is 13.7. The summed E-state index contributed by atoms with van der Waals surface area (Å²) in [7, 11) is 3.24. The third kappa shape index (κ3) is 6.31. The number of rotatable bonds is 12. The van der Waals surface area contributed by atoms with E-state index in [2.05, 4.69) is 0 Å². The van der Waals surface area contributed by atoms with Crippen LogP contribution in [0, 0.1) is 13.8 Å². The minimum Gasteiger partial charge on any atom is -0.493 e. The van der Waals surface area contributed by atoms with Gasteiger partial charge in [0.2, 0.25) is 0 Å². The number of benzene rings is 4. The molecule has 0 saturated carbocycles. The number of ether oxygens (including phenoxy) is 4. The van der Waals surface area contributed by atoms with Crippen LogP contribution in [0.2, 0.25) is 0 Å². The third-order valence-electron chi connectivity index (χ3n) is 7.03. The van der Waals surface area contributed by atoms with Gasteiger partial charge in [-0.3, -0.25) is 4.79 Å². The van der Waals surface area contributed by atoms with E-state index in [9.17, 15) is 4.79 Å². The van der Waals surface area contributed by atoms with Gasteiger partial charge >= 0.3 is 0 Å². The molecule has 0 N–H and O–H groups in total. The molecule has 0 fully saturated rings. The predicted molar refractivity (Wildman–Crippen MR) is 159 cm³/mol. The Balaban J connectivity index is 1.92. The van der Waals surface area contributed by atoms with Crippen LogP contribution in [0.5, 0.6) is 23.0 Å². The van der Waals surface area contributed by atoms with Crippen molar-refractivity contribution < 1.29 is 23.7 Å². The van der Waals surface area contributed by atoms with Gasteiger partial charge in [0, 0.05) is 0 Å². The fourth-order valence-electron chi connectivity index (χ4n) is 5.01. The van der Waals surface area contributed by atoms with E-state index in [-0.39, 0.29) is 5.78 Å². The van der Waals surface area contributed by atoms with Crippen molar-refractivity contribution in [1.29, 1.82) is 0 Å². The molecule has 0 bridgehead atoms. The first-order valence-corrected chi connectivity index (χ1v) is 13.7. The van der Waals surface area contributed by atoms with Crippen LogP contribution in [0.15, 0.2) is 84.9 Å². The molecule has 0 aliphatic rings. The molecule has 2 unspecified atom stereocenters. The molecule has 0 spiro atoms. The van der Waals surface area contributed by atoms with Gasteiger partial charge in [-0.25, -0.2) is 0 Å². The van der Waals surface area contributed by atoms with E-state index in [4.69, 9.17) is 18.9 Å². The molecular weight excluding hydrogens is 500 g/mol. The molecule has 4 aromatic rings. The van der Waals surface area contributed by atoms with Crippen molar-refractivity contribution in [3.63, 3.8) is 0 Å². The Morgan fingerprint density at radius 3 is 1.23 bits per heavy atom. The van der Waals surface area contributed by atoms with Crippen LogP contribution >= 0.6 is 0 Å². The summed E-state index contributed by atoms with van der Waals surface area (Å²) < 4.78 is 22.9. The minimum absolute atomic E-state index is 0.0490. The van der Waals surface area contributed by atoms with Crippen molar-refractivity contribution in [3.05, 3.63) is 118 Å². The van der Waals surface area contributed by atoms with E-state index >= 15 is 0 Å². The number of hydrogen-bond acceptors (Lipinski definition) is 5. The average Bonchev–Trinajstić information content (AvgIpc) is 2.96. The molecule has 0 aliphatic carbocycles. The molecule has 2 atom stereocenters. The standard InChI is InChI=1S/C35H38O5/c1-7-39-31-21-27(17-19-29(31)37-5)33(25-13-9-23(3)10-14-25)35(36)34(26-15-11-24(4)12-16-26)28-18-20-30(38-6)32(22-28)40-8-2/h9-22,33-34H,7-8H2,1-6H3. The number of carbonyl (C=O) groups excluding carboxylic acids is 1. The monoisotopic (exact) mass is 538 g/mol. The summed E-state index contributed by atoms with van der Waals surface area (Å²) in [4.78, 5) is 14.9. The van der Waals surface area contributed by atoms with Crippen molar-refractivity contribution >= 4 is 5.78 Å². The zero-order chi connectivity index (χ0) is 28.6. The summed E-state index contributed by atoms with van der Waals surface area (Å²) >= 11 is 0. The van der Waals surface area contributed by atoms with E-state index in [1.165, 1.54) is 0 Å². The van der Waals surface area contributed by atoms with Gasteiger partial charge in [-0.2, -0.15) is 0 Å². The Morgan fingerprint density at radius 1 is 0.550 bits per heavy atom. The SMILES string of the molecule is CCOc1cc(C(C(=O)C(c2ccc(C)cc2)c2ccc(OC)c(OCC)c2)c2ccc(C)cc2)ccc1OC. The highest BCUT2D eigenvalue weighted by molar-refractivity contribution is 5.97. The Labute approximate surface area is 237 Å². The summed E-state index contributed by atoms with van der Waals surface area (Å²) in [5.41, 5.74) is 5.78. The highest BCUT2D eigenvalue weighted by Crippen LogP contribution is 2.41. The lowest BCUT2D eigenvalue weighted by atomic mass is 9.76. The quantitative estimate of drug-likeness (QED) is 0.185. The topological polar surface area (TPSA) is 54.0 Å². The smallest absolute Gasteiger partial charge is 0.161 e. The molecule has 4 aromatic carbocycles. The molecule has 5 heteroatoms. The number of ketones is 1. The lowest BCUT2D eigenvalue weighted by molar-refractivity contribution is -0.120. The van der Waals surface area contributed by atoms with Gasteiger partial charge in [0.1, 0.15) is 0 Å². The van der Waals surface area contributed by atoms with Crippen LogP contribution in [0.3, 0.4) is 0 Å². The first-order chi connectivity index (χ1) is 19.4. The summed E-state index contributed by atoms with van der Waals surface area (Å²) in [5.74, 6) is 1.45. The Bertz CT molecular complexity index is 1310. The maximum atomic E-state index is 14.9. The fourth-order valence-corrected chi connectivity index (χ4v) is 5.01. The Hall–Kier alpha value is -4.25. The molecule has 0 aliphatic heterocycles. The second kappa shape index (κ2) is 13.2. The summed E-state index contributed by atoms with van der Waals surface area (Å²) in [6, 6.07) is 27.8. The fraction of sp³-hybridized carbons (Fsp3) is 0.286. The van der Waals surface area contributed by atoms with Crippen LogP contribution in [-0.4, -0.2) is 33.2 Å². The van der Waals surface area contributed by atoms with E-state index in [1.807, 2.05) is 113 Å². The number of aryl methyl sites for hydroxylation is 2. The van der Waals surface area contributed by atoms with E-state index in [1.54, 1.807) is 14.2 Å². The zero-order valence-electron chi connectivity index (χ0n) is 24.2. The van der Waals surface area contributed by atoms with Crippen LogP contribution < -0.4 is 18.9 Å². The lowest BCUT2D eigenvalue weighted by Crippen LogP contribution is -2.23. The van der Waals surface area contributed by atoms with Gasteiger partial charge in [-0.1, -0.05) is 71.8 Å². The van der Waals surface area contributed by atoms with Crippen LogP contribution in [-0.2, 0) is 4.79 Å². The van der Waals surface area contributed by atoms with Crippen LogP contribution in [0.1, 0.15) is 59.1 Å². The van der Waals surface area contributed by atoms with E-state index < -0.39 is 11.8 Å². The zero-order valence-corrected chi connectivity index (χ0v) is 24.2. The van der Waals surface area contributed by atoms with Crippen molar-refractivity contribution in [2.75, 3.05) is 27.4 Å². The highest BCUT2D eigenvalue weighted by atomic mass is 16.5. The van der Waals surface area contributed by atoms with Gasteiger partial charge in [-0.15, -0.1) is 0 Å². The van der Waals surface area contributed by atoms with Crippen molar-refractivity contribution in [2.24, 2.45) is 0 Å². The van der Waals surface area contributed by atoms with Crippen molar-refractivity contribution in [3.8, 4) is 23.0 Å². The molecule has 0 saturated heterocycles. The van der Waals surface area contributed by atoms with Crippen molar-refractivity contribution in [1.82, 2.24) is 0 Å². The second-order valence-corrected chi connectivity index (χ2v) is 9.78. The van der Waals surface area contributed by atoms with E-state index in [0.29, 0.717) is 36.2 Å². The maximum Gasteiger partial charge on any atom is 0.161 e. The Morgan fingerprint density at radius 2 is 0.900 bits per heavy atom. The molecule has 4 rings (SSSR count). The Kier molecular flexibility index (Phi) is 9.49. The number of methoxy groups -OCH3 is 2. The predicted octanol–water partition coefficient (Wildman–Crippen LogP) is 7.65. The number of hydrogen-bond donors (Lipinski definition) is 0. The number of carbonyl (C=O) groups is 1. The summed E-state index contributed by atoms with van der Waals surface area (Å²) in [5, 5.41) is 0. The molecule has 40 heavy (non-hydrogen) atoms. The van der Waals surface area contributed by atoms with Gasteiger partial charge in [0.25, 0.3) is 0 Å². The summed E-state index contributed by atoms with van der Waals surface area (Å²) in [6.07, 6.45) is 0. The molecule has 5 nitrogen and oxygen atoms in total. The largest absolute Gasteiger partial charge is 0.493 e. The summed E-state index contributed by atoms with van der Waals surface area (Å²) in [6.45, 7) is 8.93. The molecule has 0 amide bonds. The number of Topliss-reactive ketones (excluding diaryl/α,β-unsaturated/α-hetero) is 1. The van der Waals surface area contributed by atoms with Gasteiger partial charge in [0.05, 0.1) is 39.3 Å².